The number of hydrogen-bond donors (Lipinski definition) is 1. The zero-order valence-corrected chi connectivity index (χ0v) is 13.2. The normalized spacial score (nSPS) is 17.8. The molecule has 3 heterocycles. The minimum absolute atomic E-state index is 0.450. The van der Waals surface area contributed by atoms with Gasteiger partial charge >= 0.3 is 6.18 Å². The predicted octanol–water partition coefficient (Wildman–Crippen LogP) is 3.29. The first-order valence-corrected chi connectivity index (χ1v) is 7.72. The number of hydrogen-bond acceptors (Lipinski definition) is 4. The minimum Gasteiger partial charge on any atom is -0.383 e. The van der Waals surface area contributed by atoms with Crippen molar-refractivity contribution in [1.29, 1.82) is 0 Å². The highest BCUT2D eigenvalue weighted by Crippen LogP contribution is 2.34. The van der Waals surface area contributed by atoms with Crippen LogP contribution in [0.25, 0.3) is 0 Å². The van der Waals surface area contributed by atoms with Gasteiger partial charge in [-0.05, 0) is 43.5 Å². The van der Waals surface area contributed by atoms with Gasteiger partial charge in [0.25, 0.3) is 0 Å². The highest BCUT2D eigenvalue weighted by molar-refractivity contribution is 5.41. The summed E-state index contributed by atoms with van der Waals surface area (Å²) in [6.07, 6.45) is -0.920. The Morgan fingerprint density at radius 3 is 2.25 bits per heavy atom. The molecule has 2 aromatic heterocycles. The average Bonchev–Trinajstić information content (AvgIpc) is 2.55. The molecule has 1 saturated heterocycles. The zero-order valence-electron chi connectivity index (χ0n) is 13.2. The summed E-state index contributed by atoms with van der Waals surface area (Å²) in [5.74, 6) is 0.488. The quantitative estimate of drug-likeness (QED) is 0.914. The van der Waals surface area contributed by atoms with Crippen LogP contribution in [0.15, 0.2) is 36.7 Å². The number of halogens is 3. The van der Waals surface area contributed by atoms with Crippen molar-refractivity contribution in [2.24, 2.45) is 0 Å². The van der Waals surface area contributed by atoms with E-state index in [-0.39, 0.29) is 0 Å². The predicted molar refractivity (Wildman–Crippen MR) is 83.6 cm³/mol. The van der Waals surface area contributed by atoms with Crippen molar-refractivity contribution >= 4 is 5.82 Å². The SMILES string of the molecule is Cc1ccc(C2(O)CCN(c3ccc(C(F)(F)F)cn3)CC2)nc1. The fourth-order valence-corrected chi connectivity index (χ4v) is 2.85. The molecule has 0 aliphatic carbocycles. The molecule has 0 atom stereocenters. The highest BCUT2D eigenvalue weighted by atomic mass is 19.4. The molecule has 0 saturated carbocycles. The number of aryl methyl sites for hydroxylation is 1. The van der Waals surface area contributed by atoms with Crippen LogP contribution < -0.4 is 4.90 Å². The van der Waals surface area contributed by atoms with E-state index in [1.807, 2.05) is 24.0 Å². The molecule has 1 aliphatic heterocycles. The number of piperidine rings is 1. The summed E-state index contributed by atoms with van der Waals surface area (Å²) < 4.78 is 37.8. The lowest BCUT2D eigenvalue weighted by molar-refractivity contribution is -0.137. The Balaban J connectivity index is 1.69. The lowest BCUT2D eigenvalue weighted by atomic mass is 9.87. The minimum atomic E-state index is -4.38. The van der Waals surface area contributed by atoms with E-state index in [1.165, 1.54) is 6.07 Å². The summed E-state index contributed by atoms with van der Waals surface area (Å²) in [4.78, 5) is 10.1. The van der Waals surface area contributed by atoms with Crippen LogP contribution in [0.5, 0.6) is 0 Å². The molecule has 7 heteroatoms. The number of aliphatic hydroxyl groups is 1. The van der Waals surface area contributed by atoms with Crippen LogP contribution in [-0.4, -0.2) is 28.2 Å². The molecule has 3 rings (SSSR count). The maximum atomic E-state index is 12.6. The molecule has 24 heavy (non-hydrogen) atoms. The summed E-state index contributed by atoms with van der Waals surface area (Å²) in [7, 11) is 0. The third-order valence-corrected chi connectivity index (χ3v) is 4.38. The number of aromatic nitrogens is 2. The number of pyridine rings is 2. The van der Waals surface area contributed by atoms with Gasteiger partial charge in [-0.1, -0.05) is 6.07 Å². The highest BCUT2D eigenvalue weighted by Gasteiger charge is 2.36. The van der Waals surface area contributed by atoms with E-state index < -0.39 is 17.3 Å². The Kier molecular flexibility index (Phi) is 4.21. The van der Waals surface area contributed by atoms with Crippen LogP contribution in [0, 0.1) is 6.92 Å². The second-order valence-electron chi connectivity index (χ2n) is 6.14. The zero-order chi connectivity index (χ0) is 17.4. The Bertz CT molecular complexity index is 691. The largest absolute Gasteiger partial charge is 0.417 e. The standard InChI is InChI=1S/C17H18F3N3O/c1-12-2-4-14(21-10-12)16(24)6-8-23(9-7-16)15-5-3-13(11-22-15)17(18,19)20/h2-5,10-11,24H,6-9H2,1H3. The van der Waals surface area contributed by atoms with E-state index in [9.17, 15) is 18.3 Å². The van der Waals surface area contributed by atoms with Crippen LogP contribution >= 0.6 is 0 Å². The molecule has 1 fully saturated rings. The van der Waals surface area contributed by atoms with Crippen molar-refractivity contribution in [3.8, 4) is 0 Å². The van der Waals surface area contributed by atoms with E-state index in [0.29, 0.717) is 37.4 Å². The molecule has 0 bridgehead atoms. The van der Waals surface area contributed by atoms with Crippen LogP contribution in [0.4, 0.5) is 19.0 Å². The molecule has 128 valence electrons. The smallest absolute Gasteiger partial charge is 0.383 e. The summed E-state index contributed by atoms with van der Waals surface area (Å²) in [5, 5.41) is 10.8. The van der Waals surface area contributed by atoms with Crippen LogP contribution in [0.1, 0.15) is 29.7 Å². The van der Waals surface area contributed by atoms with Crippen LogP contribution in [0.2, 0.25) is 0 Å². The summed E-state index contributed by atoms with van der Waals surface area (Å²) >= 11 is 0. The maximum Gasteiger partial charge on any atom is 0.417 e. The van der Waals surface area contributed by atoms with Gasteiger partial charge in [-0.25, -0.2) is 4.98 Å². The fraction of sp³-hybridized carbons (Fsp3) is 0.412. The first-order chi connectivity index (χ1) is 11.3. The lowest BCUT2D eigenvalue weighted by Gasteiger charge is -2.38. The first kappa shape index (κ1) is 16.7. The van der Waals surface area contributed by atoms with Crippen molar-refractivity contribution in [2.45, 2.75) is 31.5 Å². The van der Waals surface area contributed by atoms with E-state index in [4.69, 9.17) is 0 Å². The Morgan fingerprint density at radius 2 is 1.75 bits per heavy atom. The number of rotatable bonds is 2. The van der Waals surface area contributed by atoms with Gasteiger partial charge in [0.05, 0.1) is 11.3 Å². The third kappa shape index (κ3) is 3.36. The topological polar surface area (TPSA) is 49.2 Å². The molecule has 0 amide bonds. The van der Waals surface area contributed by atoms with Crippen molar-refractivity contribution < 1.29 is 18.3 Å². The molecule has 0 unspecified atom stereocenters. The molecular weight excluding hydrogens is 319 g/mol. The van der Waals surface area contributed by atoms with Gasteiger partial charge in [0.15, 0.2) is 0 Å². The van der Waals surface area contributed by atoms with E-state index in [1.54, 1.807) is 6.20 Å². The van der Waals surface area contributed by atoms with Crippen LogP contribution in [-0.2, 0) is 11.8 Å². The molecule has 0 spiro atoms. The Morgan fingerprint density at radius 1 is 1.04 bits per heavy atom. The summed E-state index contributed by atoms with van der Waals surface area (Å²) in [6.45, 7) is 2.94. The summed E-state index contributed by atoms with van der Waals surface area (Å²) in [5.41, 5.74) is -0.110. The number of alkyl halides is 3. The van der Waals surface area contributed by atoms with Gasteiger partial charge in [0, 0.05) is 25.5 Å². The van der Waals surface area contributed by atoms with Crippen molar-refractivity contribution in [3.63, 3.8) is 0 Å². The van der Waals surface area contributed by atoms with Gasteiger partial charge < -0.3 is 10.0 Å². The number of nitrogens with zero attached hydrogens (tertiary/aromatic N) is 3. The molecule has 1 N–H and O–H groups in total. The van der Waals surface area contributed by atoms with Gasteiger partial charge in [-0.3, -0.25) is 4.98 Å². The van der Waals surface area contributed by atoms with Gasteiger partial charge in [-0.2, -0.15) is 13.2 Å². The molecule has 0 radical (unpaired) electrons. The van der Waals surface area contributed by atoms with Gasteiger partial charge in [0.1, 0.15) is 11.4 Å². The van der Waals surface area contributed by atoms with Crippen molar-refractivity contribution in [1.82, 2.24) is 9.97 Å². The Hall–Kier alpha value is -2.15. The number of anilines is 1. The second-order valence-corrected chi connectivity index (χ2v) is 6.14. The molecule has 2 aromatic rings. The van der Waals surface area contributed by atoms with Crippen molar-refractivity contribution in [2.75, 3.05) is 18.0 Å². The average molecular weight is 337 g/mol. The molecule has 4 nitrogen and oxygen atoms in total. The van der Waals surface area contributed by atoms with Gasteiger partial charge in [-0.15, -0.1) is 0 Å². The second kappa shape index (κ2) is 6.05. The van der Waals surface area contributed by atoms with E-state index >= 15 is 0 Å². The Labute approximate surface area is 138 Å². The third-order valence-electron chi connectivity index (χ3n) is 4.38. The fourth-order valence-electron chi connectivity index (χ4n) is 2.85. The van der Waals surface area contributed by atoms with Crippen molar-refractivity contribution in [3.05, 3.63) is 53.5 Å². The monoisotopic (exact) mass is 337 g/mol. The molecular formula is C17H18F3N3O. The molecule has 0 aromatic carbocycles. The van der Waals surface area contributed by atoms with E-state index in [0.717, 1.165) is 17.8 Å². The van der Waals surface area contributed by atoms with Crippen LogP contribution in [0.3, 0.4) is 0 Å². The lowest BCUT2D eigenvalue weighted by Crippen LogP contribution is -2.43. The maximum absolute atomic E-state index is 12.6. The molecule has 1 aliphatic rings. The summed E-state index contributed by atoms with van der Waals surface area (Å²) in [6, 6.07) is 6.13. The first-order valence-electron chi connectivity index (χ1n) is 7.72. The van der Waals surface area contributed by atoms with Gasteiger partial charge in [0.2, 0.25) is 0 Å². The van der Waals surface area contributed by atoms with E-state index in [2.05, 4.69) is 9.97 Å².